The van der Waals surface area contributed by atoms with E-state index in [0.717, 1.165) is 25.3 Å². The molecule has 0 aliphatic rings. The largest absolute Gasteiger partial charge is 0.388 e. The first-order valence-electron chi connectivity index (χ1n) is 6.24. The predicted molar refractivity (Wildman–Crippen MR) is 69.8 cm³/mol. The molecule has 0 radical (unpaired) electrons. The number of nitrogens with one attached hydrogen (secondary N) is 2. The fourth-order valence-corrected chi connectivity index (χ4v) is 1.29. The molecule has 0 spiro atoms. The van der Waals surface area contributed by atoms with E-state index in [0.29, 0.717) is 12.6 Å². The molecule has 0 aliphatic heterocycles. The summed E-state index contributed by atoms with van der Waals surface area (Å²) in [5, 5.41) is 16.5. The second kappa shape index (κ2) is 7.49. The Kier molecular flexibility index (Phi) is 7.13. The van der Waals surface area contributed by atoms with Crippen molar-refractivity contribution in [3.63, 3.8) is 0 Å². The lowest BCUT2D eigenvalue weighted by Crippen LogP contribution is -2.42. The molecular formula is C12H27N3O. The van der Waals surface area contributed by atoms with Crippen molar-refractivity contribution in [1.29, 1.82) is 0 Å². The highest BCUT2D eigenvalue weighted by Crippen LogP contribution is 2.14. The van der Waals surface area contributed by atoms with Gasteiger partial charge >= 0.3 is 0 Å². The monoisotopic (exact) mass is 229 g/mol. The first-order chi connectivity index (χ1) is 7.47. The third kappa shape index (κ3) is 5.95. The third-order valence-corrected chi connectivity index (χ3v) is 2.62. The van der Waals surface area contributed by atoms with E-state index in [-0.39, 0.29) is 0 Å². The maximum atomic E-state index is 10.1. The molecule has 0 rings (SSSR count). The lowest BCUT2D eigenvalue weighted by Gasteiger charge is -2.24. The highest BCUT2D eigenvalue weighted by Gasteiger charge is 2.21. The molecule has 0 unspecified atom stereocenters. The van der Waals surface area contributed by atoms with E-state index < -0.39 is 5.60 Å². The Morgan fingerprint density at radius 3 is 2.19 bits per heavy atom. The lowest BCUT2D eigenvalue weighted by molar-refractivity contribution is 0.0418. The van der Waals surface area contributed by atoms with E-state index >= 15 is 0 Å². The summed E-state index contributed by atoms with van der Waals surface area (Å²) in [5.74, 6) is 0.776. The van der Waals surface area contributed by atoms with Crippen LogP contribution in [-0.2, 0) is 0 Å². The summed E-state index contributed by atoms with van der Waals surface area (Å²) in [5.41, 5.74) is -0.667. The average molecular weight is 229 g/mol. The van der Waals surface area contributed by atoms with Gasteiger partial charge in [0.05, 0.1) is 12.1 Å². The molecule has 96 valence electrons. The van der Waals surface area contributed by atoms with Crippen molar-refractivity contribution in [3.05, 3.63) is 0 Å². The molecule has 0 bridgehead atoms. The van der Waals surface area contributed by atoms with Gasteiger partial charge < -0.3 is 15.7 Å². The number of hydrogen-bond acceptors (Lipinski definition) is 2. The van der Waals surface area contributed by atoms with Crippen molar-refractivity contribution < 1.29 is 5.11 Å². The Balaban J connectivity index is 4.41. The minimum Gasteiger partial charge on any atom is -0.388 e. The number of guanidine groups is 1. The molecule has 0 amide bonds. The van der Waals surface area contributed by atoms with Crippen LogP contribution in [0.3, 0.4) is 0 Å². The third-order valence-electron chi connectivity index (χ3n) is 2.62. The zero-order valence-electron chi connectivity index (χ0n) is 11.3. The van der Waals surface area contributed by atoms with Crippen molar-refractivity contribution in [3.8, 4) is 0 Å². The Labute approximate surface area is 99.5 Å². The van der Waals surface area contributed by atoms with Gasteiger partial charge in [0, 0.05) is 12.6 Å². The second-order valence-electron chi connectivity index (χ2n) is 4.43. The molecule has 4 heteroatoms. The number of aliphatic imine (C=N–C) groups is 1. The van der Waals surface area contributed by atoms with Crippen LogP contribution in [0.4, 0.5) is 0 Å². The van der Waals surface area contributed by atoms with Crippen LogP contribution < -0.4 is 10.6 Å². The summed E-state index contributed by atoms with van der Waals surface area (Å²) < 4.78 is 0. The maximum Gasteiger partial charge on any atom is 0.191 e. The van der Waals surface area contributed by atoms with E-state index in [1.54, 1.807) is 0 Å². The fraction of sp³-hybridized carbons (Fsp3) is 0.917. The quantitative estimate of drug-likeness (QED) is 0.478. The molecule has 16 heavy (non-hydrogen) atoms. The summed E-state index contributed by atoms with van der Waals surface area (Å²) in [6.07, 6.45) is 1.46. The standard InChI is InChI=1S/C12H27N3O/c1-6-12(16,7-2)9-14-11(13-8-3)15-10(4)5/h10,16H,6-9H2,1-5H3,(H2,13,14,15). The predicted octanol–water partition coefficient (Wildman–Crippen LogP) is 1.50. The van der Waals surface area contributed by atoms with Crippen LogP contribution in [-0.4, -0.2) is 35.8 Å². The summed E-state index contributed by atoms with van der Waals surface area (Å²) in [7, 11) is 0. The van der Waals surface area contributed by atoms with Gasteiger partial charge in [-0.2, -0.15) is 0 Å². The van der Waals surface area contributed by atoms with Gasteiger partial charge in [-0.25, -0.2) is 0 Å². The van der Waals surface area contributed by atoms with E-state index in [1.807, 2.05) is 20.8 Å². The van der Waals surface area contributed by atoms with Crippen molar-refractivity contribution in [2.75, 3.05) is 13.1 Å². The van der Waals surface area contributed by atoms with Crippen molar-refractivity contribution >= 4 is 5.96 Å². The Hall–Kier alpha value is -0.770. The highest BCUT2D eigenvalue weighted by molar-refractivity contribution is 5.80. The topological polar surface area (TPSA) is 56.7 Å². The van der Waals surface area contributed by atoms with Crippen LogP contribution in [0.15, 0.2) is 4.99 Å². The SMILES string of the molecule is CCNC(=NCC(O)(CC)CC)NC(C)C. The van der Waals surface area contributed by atoms with Crippen molar-refractivity contribution in [2.24, 2.45) is 4.99 Å². The minimum atomic E-state index is -0.667. The summed E-state index contributed by atoms with van der Waals surface area (Å²) in [6, 6.07) is 0.342. The van der Waals surface area contributed by atoms with Gasteiger partial charge in [0.15, 0.2) is 5.96 Å². The van der Waals surface area contributed by atoms with Gasteiger partial charge in [-0.15, -0.1) is 0 Å². The Morgan fingerprint density at radius 2 is 1.81 bits per heavy atom. The first kappa shape index (κ1) is 15.2. The zero-order valence-corrected chi connectivity index (χ0v) is 11.3. The zero-order chi connectivity index (χ0) is 12.6. The van der Waals surface area contributed by atoms with Crippen LogP contribution in [0.1, 0.15) is 47.5 Å². The molecule has 0 saturated heterocycles. The van der Waals surface area contributed by atoms with Gasteiger partial charge in [0.1, 0.15) is 0 Å². The summed E-state index contributed by atoms with van der Waals surface area (Å²) >= 11 is 0. The highest BCUT2D eigenvalue weighted by atomic mass is 16.3. The number of hydrogen-bond donors (Lipinski definition) is 3. The van der Waals surface area contributed by atoms with Crippen LogP contribution in [0.25, 0.3) is 0 Å². The van der Waals surface area contributed by atoms with Crippen molar-refractivity contribution in [2.45, 2.75) is 59.1 Å². The molecule has 0 atom stereocenters. The van der Waals surface area contributed by atoms with Gasteiger partial charge in [0.25, 0.3) is 0 Å². The van der Waals surface area contributed by atoms with Gasteiger partial charge in [-0.3, -0.25) is 4.99 Å². The molecule has 0 aromatic rings. The Bertz CT molecular complexity index is 210. The van der Waals surface area contributed by atoms with Crippen molar-refractivity contribution in [1.82, 2.24) is 10.6 Å². The molecule has 0 fully saturated rings. The van der Waals surface area contributed by atoms with E-state index in [2.05, 4.69) is 29.5 Å². The molecule has 3 N–H and O–H groups in total. The average Bonchev–Trinajstić information content (AvgIpc) is 2.25. The van der Waals surface area contributed by atoms with Crippen LogP contribution in [0.5, 0.6) is 0 Å². The Morgan fingerprint density at radius 1 is 1.25 bits per heavy atom. The molecule has 0 aliphatic carbocycles. The van der Waals surface area contributed by atoms with E-state index in [1.165, 1.54) is 0 Å². The van der Waals surface area contributed by atoms with E-state index in [9.17, 15) is 5.11 Å². The lowest BCUT2D eigenvalue weighted by atomic mass is 9.98. The second-order valence-corrected chi connectivity index (χ2v) is 4.43. The molecule has 0 saturated carbocycles. The fourth-order valence-electron chi connectivity index (χ4n) is 1.29. The number of aliphatic hydroxyl groups is 1. The number of rotatable bonds is 6. The van der Waals surface area contributed by atoms with Gasteiger partial charge in [-0.1, -0.05) is 13.8 Å². The molecule has 0 aromatic carbocycles. The smallest absolute Gasteiger partial charge is 0.191 e. The van der Waals surface area contributed by atoms with Crippen LogP contribution >= 0.6 is 0 Å². The van der Waals surface area contributed by atoms with Crippen LogP contribution in [0, 0.1) is 0 Å². The first-order valence-corrected chi connectivity index (χ1v) is 6.24. The van der Waals surface area contributed by atoms with E-state index in [4.69, 9.17) is 0 Å². The molecule has 4 nitrogen and oxygen atoms in total. The number of nitrogens with zero attached hydrogens (tertiary/aromatic N) is 1. The summed E-state index contributed by atoms with van der Waals surface area (Å²) in [6.45, 7) is 11.4. The molecule has 0 aromatic heterocycles. The van der Waals surface area contributed by atoms with Gasteiger partial charge in [-0.05, 0) is 33.6 Å². The summed E-state index contributed by atoms with van der Waals surface area (Å²) in [4.78, 5) is 4.41. The molecular weight excluding hydrogens is 202 g/mol. The maximum absolute atomic E-state index is 10.1. The van der Waals surface area contributed by atoms with Gasteiger partial charge in [0.2, 0.25) is 0 Å². The minimum absolute atomic E-state index is 0.342. The normalized spacial score (nSPS) is 13.1. The molecule has 0 heterocycles. The van der Waals surface area contributed by atoms with Crippen LogP contribution in [0.2, 0.25) is 0 Å².